The Morgan fingerprint density at radius 1 is 1.23 bits per heavy atom. The summed E-state index contributed by atoms with van der Waals surface area (Å²) in [5, 5.41) is 12.0. The third-order valence-corrected chi connectivity index (χ3v) is 10.5. The van der Waals surface area contributed by atoms with Crippen molar-refractivity contribution in [1.82, 2.24) is 0 Å². The van der Waals surface area contributed by atoms with Gasteiger partial charge in [-0.2, -0.15) is 0 Å². The number of carbonyl (C=O) groups excluding carboxylic acids is 3. The molecule has 0 bridgehead atoms. The third-order valence-electron chi connectivity index (χ3n) is 9.53. The van der Waals surface area contributed by atoms with Gasteiger partial charge < -0.3 is 14.3 Å². The number of Topliss-reactive ketones (excluding diaryl/α,β-unsaturated/α-hetero) is 1. The molecule has 3 fully saturated rings. The molecule has 6 nitrogen and oxygen atoms in total. The molecule has 4 aliphatic carbocycles. The first-order chi connectivity index (χ1) is 16.0. The van der Waals surface area contributed by atoms with Crippen molar-refractivity contribution in [2.45, 2.75) is 90.4 Å². The molecule has 1 N–H and O–H groups in total. The van der Waals surface area contributed by atoms with E-state index in [1.165, 1.54) is 13.0 Å². The predicted molar refractivity (Wildman–Crippen MR) is 132 cm³/mol. The Labute approximate surface area is 208 Å². The van der Waals surface area contributed by atoms with Crippen LogP contribution >= 0.6 is 0 Å². The summed E-state index contributed by atoms with van der Waals surface area (Å²) in [5.74, 6) is -2.39. The Bertz CT molecular complexity index is 1020. The van der Waals surface area contributed by atoms with Crippen molar-refractivity contribution in [3.8, 4) is 0 Å². The second kappa shape index (κ2) is 8.18. The van der Waals surface area contributed by atoms with Crippen molar-refractivity contribution in [2.24, 2.45) is 28.6 Å². The van der Waals surface area contributed by atoms with Crippen molar-refractivity contribution in [1.29, 1.82) is 0 Å². The molecule has 0 aliphatic heterocycles. The Kier molecular flexibility index (Phi) is 6.18. The van der Waals surface area contributed by atoms with Crippen molar-refractivity contribution < 1.29 is 33.0 Å². The molecule has 8 atom stereocenters. The number of halogens is 1. The summed E-state index contributed by atoms with van der Waals surface area (Å²) < 4.78 is 29.5. The highest BCUT2D eigenvalue weighted by Crippen LogP contribution is 2.71. The molecule has 0 saturated heterocycles. The largest absolute Gasteiger partial charge is 0.458 e. The molecule has 0 aromatic rings. The molecule has 0 radical (unpaired) electrons. The zero-order valence-electron chi connectivity index (χ0n) is 21.9. The molecule has 8 heteroatoms. The first-order valence-electron chi connectivity index (χ1n) is 12.7. The minimum absolute atomic E-state index is 0.122. The molecular weight excluding hydrogens is 467 g/mol. The van der Waals surface area contributed by atoms with Crippen molar-refractivity contribution in [3.63, 3.8) is 0 Å². The highest BCUT2D eigenvalue weighted by atomic mass is 28.4. The zero-order chi connectivity index (χ0) is 26.2. The van der Waals surface area contributed by atoms with Crippen LogP contribution in [0.4, 0.5) is 4.39 Å². The van der Waals surface area contributed by atoms with Crippen LogP contribution in [0, 0.1) is 28.6 Å². The zero-order valence-corrected chi connectivity index (χ0v) is 22.9. The standard InChI is InChI=1S/C27H39FO6Si/c1-16-12-21-20-9-8-18-13-19(30)10-11-24(18,3)26(20,28)23(34-35(5,6)7)14-25(21,4)27(16,32)22(31)15-33-17(2)29/h10-11,13,16,20-21,23,32H,8-9,12,14-15H2,1-7H3/t16?,20-,21-,23?,24-,25-,26-,27-/m0/s1. The van der Waals surface area contributed by atoms with Gasteiger partial charge in [0.25, 0.3) is 0 Å². The van der Waals surface area contributed by atoms with Crippen LogP contribution in [0.25, 0.3) is 0 Å². The summed E-state index contributed by atoms with van der Waals surface area (Å²) in [5.41, 5.74) is -4.70. The van der Waals surface area contributed by atoms with E-state index in [0.29, 0.717) is 19.3 Å². The van der Waals surface area contributed by atoms with Crippen molar-refractivity contribution >= 4 is 25.9 Å². The van der Waals surface area contributed by atoms with Crippen LogP contribution in [0.1, 0.15) is 53.4 Å². The molecule has 4 rings (SSSR count). The molecular formula is C27H39FO6Si. The third kappa shape index (κ3) is 3.65. The lowest BCUT2D eigenvalue weighted by molar-refractivity contribution is -0.215. The fourth-order valence-electron chi connectivity index (χ4n) is 7.94. The average Bonchev–Trinajstić information content (AvgIpc) is 2.94. The van der Waals surface area contributed by atoms with Crippen LogP contribution in [0.15, 0.2) is 23.8 Å². The lowest BCUT2D eigenvalue weighted by Crippen LogP contribution is -2.70. The van der Waals surface area contributed by atoms with E-state index >= 15 is 4.39 Å². The summed E-state index contributed by atoms with van der Waals surface area (Å²) in [6.07, 6.45) is 5.67. The van der Waals surface area contributed by atoms with Gasteiger partial charge in [0, 0.05) is 23.7 Å². The van der Waals surface area contributed by atoms with Gasteiger partial charge in [-0.3, -0.25) is 14.4 Å². The minimum Gasteiger partial charge on any atom is -0.458 e. The number of ether oxygens (including phenoxy) is 1. The monoisotopic (exact) mass is 506 g/mol. The van der Waals surface area contributed by atoms with Gasteiger partial charge in [0.15, 0.2) is 26.4 Å². The van der Waals surface area contributed by atoms with E-state index in [0.717, 1.165) is 5.57 Å². The number of rotatable bonds is 5. The fourth-order valence-corrected chi connectivity index (χ4v) is 9.04. The number of ketones is 2. The minimum atomic E-state index is -2.25. The van der Waals surface area contributed by atoms with E-state index in [-0.39, 0.29) is 18.1 Å². The maximum atomic E-state index is 18.0. The molecule has 194 valence electrons. The summed E-state index contributed by atoms with van der Waals surface area (Å²) >= 11 is 0. The quantitative estimate of drug-likeness (QED) is 0.441. The van der Waals surface area contributed by atoms with Gasteiger partial charge in [-0.15, -0.1) is 0 Å². The van der Waals surface area contributed by atoms with Crippen LogP contribution in [-0.2, 0) is 23.5 Å². The first kappa shape index (κ1) is 26.4. The maximum Gasteiger partial charge on any atom is 0.303 e. The van der Waals surface area contributed by atoms with E-state index in [2.05, 4.69) is 0 Å². The topological polar surface area (TPSA) is 89.9 Å². The van der Waals surface area contributed by atoms with Crippen LogP contribution in [0.5, 0.6) is 0 Å². The molecule has 0 amide bonds. The molecule has 0 aromatic heterocycles. The number of fused-ring (bicyclic) bond motifs is 5. The average molecular weight is 507 g/mol. The normalized spacial score (nSPS) is 44.7. The Morgan fingerprint density at radius 2 is 1.89 bits per heavy atom. The van der Waals surface area contributed by atoms with Crippen LogP contribution in [-0.4, -0.2) is 54.9 Å². The summed E-state index contributed by atoms with van der Waals surface area (Å²) in [6, 6.07) is 0. The van der Waals surface area contributed by atoms with E-state index in [1.54, 1.807) is 12.2 Å². The van der Waals surface area contributed by atoms with E-state index in [1.807, 2.05) is 40.4 Å². The second-order valence-electron chi connectivity index (χ2n) is 12.6. The summed E-state index contributed by atoms with van der Waals surface area (Å²) in [4.78, 5) is 36.9. The van der Waals surface area contributed by atoms with Gasteiger partial charge in [0.1, 0.15) is 5.60 Å². The highest BCUT2D eigenvalue weighted by molar-refractivity contribution is 6.69. The number of hydrogen-bond acceptors (Lipinski definition) is 6. The maximum absolute atomic E-state index is 18.0. The molecule has 35 heavy (non-hydrogen) atoms. The second-order valence-corrected chi connectivity index (χ2v) is 17.0. The number of allylic oxidation sites excluding steroid dienone is 4. The van der Waals surface area contributed by atoms with Gasteiger partial charge in [0.2, 0.25) is 5.78 Å². The van der Waals surface area contributed by atoms with Gasteiger partial charge in [-0.1, -0.05) is 25.5 Å². The van der Waals surface area contributed by atoms with Crippen LogP contribution in [0.2, 0.25) is 19.6 Å². The van der Waals surface area contributed by atoms with E-state index in [4.69, 9.17) is 9.16 Å². The molecule has 0 aromatic carbocycles. The Hall–Kier alpha value is -1.64. The number of carbonyl (C=O) groups is 3. The molecule has 0 spiro atoms. The van der Waals surface area contributed by atoms with E-state index in [9.17, 15) is 19.5 Å². The molecule has 2 unspecified atom stereocenters. The summed E-state index contributed by atoms with van der Waals surface area (Å²) in [7, 11) is -2.25. The van der Waals surface area contributed by atoms with Crippen LogP contribution in [0.3, 0.4) is 0 Å². The SMILES string of the molecule is CC(=O)OCC(=O)[C@@]1(O)C(C)C[C@H]2[C@@H]3CCC4=CC(=O)C=C[C@]4(C)[C@@]3(F)C(O[Si](C)(C)C)C[C@@]21C. The highest BCUT2D eigenvalue weighted by Gasteiger charge is 2.76. The fraction of sp³-hybridized carbons (Fsp3) is 0.741. The Balaban J connectivity index is 1.84. The molecule has 4 aliphatic rings. The number of aliphatic hydroxyl groups is 1. The molecule has 0 heterocycles. The van der Waals surface area contributed by atoms with Crippen LogP contribution < -0.4 is 0 Å². The lowest BCUT2D eigenvalue weighted by atomic mass is 9.44. The summed E-state index contributed by atoms with van der Waals surface area (Å²) in [6.45, 7) is 12.4. The van der Waals surface area contributed by atoms with E-state index < -0.39 is 66.7 Å². The van der Waals surface area contributed by atoms with Gasteiger partial charge in [0.05, 0.1) is 6.10 Å². The van der Waals surface area contributed by atoms with Crippen molar-refractivity contribution in [2.75, 3.05) is 6.61 Å². The van der Waals surface area contributed by atoms with Gasteiger partial charge >= 0.3 is 5.97 Å². The number of hydrogen-bond donors (Lipinski definition) is 1. The predicted octanol–water partition coefficient (Wildman–Crippen LogP) is 4.33. The number of esters is 1. The molecule has 3 saturated carbocycles. The van der Waals surface area contributed by atoms with Gasteiger partial charge in [-0.25, -0.2) is 4.39 Å². The Morgan fingerprint density at radius 3 is 2.49 bits per heavy atom. The van der Waals surface area contributed by atoms with Crippen molar-refractivity contribution in [3.05, 3.63) is 23.8 Å². The first-order valence-corrected chi connectivity index (χ1v) is 16.1. The smallest absolute Gasteiger partial charge is 0.303 e. The lowest BCUT2D eigenvalue weighted by Gasteiger charge is -2.64. The van der Waals surface area contributed by atoms with Gasteiger partial charge in [-0.05, 0) is 76.2 Å². The number of alkyl halides is 1.